The zero-order valence-electron chi connectivity index (χ0n) is 12.2. The van der Waals surface area contributed by atoms with Crippen molar-refractivity contribution in [3.05, 3.63) is 42.0 Å². The maximum absolute atomic E-state index is 5.37. The molecule has 0 amide bonds. The minimum absolute atomic E-state index is 0.761. The summed E-state index contributed by atoms with van der Waals surface area (Å²) in [6, 6.07) is 5.86. The SMILES string of the molecule is COc1ccc(CNCCc2nccn2C)c(OC)c1. The van der Waals surface area contributed by atoms with Gasteiger partial charge in [-0.15, -0.1) is 0 Å². The summed E-state index contributed by atoms with van der Waals surface area (Å²) in [7, 11) is 5.33. The summed E-state index contributed by atoms with van der Waals surface area (Å²) in [5.74, 6) is 2.73. The van der Waals surface area contributed by atoms with Crippen LogP contribution in [0, 0.1) is 0 Å². The smallest absolute Gasteiger partial charge is 0.127 e. The Bertz CT molecular complexity index is 552. The molecule has 0 atom stereocenters. The molecule has 0 bridgehead atoms. The third-order valence-electron chi connectivity index (χ3n) is 3.26. The van der Waals surface area contributed by atoms with Crippen LogP contribution < -0.4 is 14.8 Å². The van der Waals surface area contributed by atoms with Gasteiger partial charge in [0, 0.05) is 50.6 Å². The second-order valence-electron chi connectivity index (χ2n) is 4.56. The monoisotopic (exact) mass is 275 g/mol. The third kappa shape index (κ3) is 3.51. The van der Waals surface area contributed by atoms with Crippen LogP contribution >= 0.6 is 0 Å². The fraction of sp³-hybridized carbons (Fsp3) is 0.400. The molecule has 0 unspecified atom stereocenters. The van der Waals surface area contributed by atoms with Crippen molar-refractivity contribution in [2.45, 2.75) is 13.0 Å². The highest BCUT2D eigenvalue weighted by Gasteiger charge is 2.05. The van der Waals surface area contributed by atoms with Crippen molar-refractivity contribution in [1.29, 1.82) is 0 Å². The molecule has 1 N–H and O–H groups in total. The molecule has 0 fully saturated rings. The van der Waals surface area contributed by atoms with Gasteiger partial charge < -0.3 is 19.4 Å². The molecular formula is C15H21N3O2. The Morgan fingerprint density at radius 3 is 2.75 bits per heavy atom. The van der Waals surface area contributed by atoms with Crippen LogP contribution in [0.3, 0.4) is 0 Å². The van der Waals surface area contributed by atoms with E-state index in [2.05, 4.69) is 10.3 Å². The largest absolute Gasteiger partial charge is 0.497 e. The summed E-state index contributed by atoms with van der Waals surface area (Å²) >= 11 is 0. The predicted octanol–water partition coefficient (Wildman–Crippen LogP) is 1.77. The van der Waals surface area contributed by atoms with E-state index in [4.69, 9.17) is 9.47 Å². The molecule has 0 radical (unpaired) electrons. The third-order valence-corrected chi connectivity index (χ3v) is 3.26. The Labute approximate surface area is 119 Å². The summed E-state index contributed by atoms with van der Waals surface area (Å²) < 4.78 is 12.6. The Balaban J connectivity index is 1.86. The van der Waals surface area contributed by atoms with E-state index in [-0.39, 0.29) is 0 Å². The summed E-state index contributed by atoms with van der Waals surface area (Å²) in [6.45, 7) is 1.64. The van der Waals surface area contributed by atoms with Gasteiger partial charge in [0.25, 0.3) is 0 Å². The van der Waals surface area contributed by atoms with Gasteiger partial charge >= 0.3 is 0 Å². The molecular weight excluding hydrogens is 254 g/mol. The zero-order valence-corrected chi connectivity index (χ0v) is 12.2. The van der Waals surface area contributed by atoms with Crippen LogP contribution in [0.5, 0.6) is 11.5 Å². The molecule has 0 aliphatic rings. The normalized spacial score (nSPS) is 10.6. The molecule has 2 rings (SSSR count). The van der Waals surface area contributed by atoms with E-state index < -0.39 is 0 Å². The first kappa shape index (κ1) is 14.4. The molecule has 5 heteroatoms. The second-order valence-corrected chi connectivity index (χ2v) is 4.56. The average molecular weight is 275 g/mol. The molecule has 0 saturated carbocycles. The number of rotatable bonds is 7. The topological polar surface area (TPSA) is 48.3 Å². The molecule has 5 nitrogen and oxygen atoms in total. The van der Waals surface area contributed by atoms with Crippen molar-refractivity contribution in [2.24, 2.45) is 7.05 Å². The first-order valence-electron chi connectivity index (χ1n) is 6.62. The average Bonchev–Trinajstić information content (AvgIpc) is 2.89. The van der Waals surface area contributed by atoms with E-state index in [9.17, 15) is 0 Å². The lowest BCUT2D eigenvalue weighted by Gasteiger charge is -2.11. The number of nitrogens with one attached hydrogen (secondary N) is 1. The summed E-state index contributed by atoms with van der Waals surface area (Å²) in [4.78, 5) is 4.30. The van der Waals surface area contributed by atoms with Crippen LogP contribution in [0.1, 0.15) is 11.4 Å². The number of methoxy groups -OCH3 is 2. The number of ether oxygens (including phenoxy) is 2. The maximum Gasteiger partial charge on any atom is 0.127 e. The second kappa shape index (κ2) is 6.96. The van der Waals surface area contributed by atoms with Crippen molar-refractivity contribution in [3.63, 3.8) is 0 Å². The van der Waals surface area contributed by atoms with E-state index in [1.807, 2.05) is 42.2 Å². The molecule has 1 aromatic carbocycles. The number of nitrogens with zero attached hydrogens (tertiary/aromatic N) is 2. The van der Waals surface area contributed by atoms with Crippen LogP contribution in [0.25, 0.3) is 0 Å². The number of hydrogen-bond acceptors (Lipinski definition) is 4. The molecule has 0 saturated heterocycles. The van der Waals surface area contributed by atoms with E-state index in [1.54, 1.807) is 14.2 Å². The first-order valence-corrected chi connectivity index (χ1v) is 6.62. The van der Waals surface area contributed by atoms with E-state index in [0.717, 1.165) is 42.4 Å². The predicted molar refractivity (Wildman–Crippen MR) is 78.2 cm³/mol. The van der Waals surface area contributed by atoms with Crippen molar-refractivity contribution < 1.29 is 9.47 Å². The number of aryl methyl sites for hydroxylation is 1. The van der Waals surface area contributed by atoms with Crippen LogP contribution in [-0.4, -0.2) is 30.3 Å². The first-order chi connectivity index (χ1) is 9.74. The van der Waals surface area contributed by atoms with Crippen molar-refractivity contribution in [3.8, 4) is 11.5 Å². The van der Waals surface area contributed by atoms with Crippen LogP contribution in [0.15, 0.2) is 30.6 Å². The lowest BCUT2D eigenvalue weighted by Crippen LogP contribution is -2.18. The highest BCUT2D eigenvalue weighted by Crippen LogP contribution is 2.24. The molecule has 1 heterocycles. The molecule has 1 aromatic heterocycles. The van der Waals surface area contributed by atoms with Crippen LogP contribution in [0.4, 0.5) is 0 Å². The Kier molecular flexibility index (Phi) is 5.01. The fourth-order valence-electron chi connectivity index (χ4n) is 2.06. The van der Waals surface area contributed by atoms with Gasteiger partial charge in [-0.25, -0.2) is 4.98 Å². The van der Waals surface area contributed by atoms with E-state index in [1.165, 1.54) is 0 Å². The van der Waals surface area contributed by atoms with Gasteiger partial charge in [-0.2, -0.15) is 0 Å². The van der Waals surface area contributed by atoms with Gasteiger partial charge in [0.15, 0.2) is 0 Å². The fourth-order valence-corrected chi connectivity index (χ4v) is 2.06. The summed E-state index contributed by atoms with van der Waals surface area (Å²) in [5.41, 5.74) is 1.12. The quantitative estimate of drug-likeness (QED) is 0.782. The van der Waals surface area contributed by atoms with Crippen LogP contribution in [0.2, 0.25) is 0 Å². The molecule has 0 aliphatic carbocycles. The molecule has 108 valence electrons. The van der Waals surface area contributed by atoms with Gasteiger partial charge in [0.05, 0.1) is 14.2 Å². The van der Waals surface area contributed by atoms with E-state index >= 15 is 0 Å². The summed E-state index contributed by atoms with van der Waals surface area (Å²) in [5, 5.41) is 3.41. The van der Waals surface area contributed by atoms with Crippen LogP contribution in [-0.2, 0) is 20.0 Å². The molecule has 20 heavy (non-hydrogen) atoms. The van der Waals surface area contributed by atoms with Gasteiger partial charge in [0.2, 0.25) is 0 Å². The van der Waals surface area contributed by atoms with Gasteiger partial charge in [-0.1, -0.05) is 6.07 Å². The van der Waals surface area contributed by atoms with E-state index in [0.29, 0.717) is 0 Å². The van der Waals surface area contributed by atoms with Crippen molar-refractivity contribution in [2.75, 3.05) is 20.8 Å². The number of aromatic nitrogens is 2. The van der Waals surface area contributed by atoms with Gasteiger partial charge in [0.1, 0.15) is 17.3 Å². The lowest BCUT2D eigenvalue weighted by molar-refractivity contribution is 0.390. The zero-order chi connectivity index (χ0) is 14.4. The highest BCUT2D eigenvalue weighted by molar-refractivity contribution is 5.40. The molecule has 2 aromatic rings. The Hall–Kier alpha value is -2.01. The minimum atomic E-state index is 0.761. The van der Waals surface area contributed by atoms with Crippen molar-refractivity contribution >= 4 is 0 Å². The highest BCUT2D eigenvalue weighted by atomic mass is 16.5. The minimum Gasteiger partial charge on any atom is -0.497 e. The lowest BCUT2D eigenvalue weighted by atomic mass is 10.2. The summed E-state index contributed by atoms with van der Waals surface area (Å²) in [6.07, 6.45) is 4.69. The van der Waals surface area contributed by atoms with Crippen molar-refractivity contribution in [1.82, 2.24) is 14.9 Å². The Morgan fingerprint density at radius 2 is 2.10 bits per heavy atom. The maximum atomic E-state index is 5.37. The molecule has 0 aliphatic heterocycles. The number of hydrogen-bond donors (Lipinski definition) is 1. The number of benzene rings is 1. The van der Waals surface area contributed by atoms with Gasteiger partial charge in [-0.05, 0) is 6.07 Å². The number of imidazole rings is 1. The van der Waals surface area contributed by atoms with Gasteiger partial charge in [-0.3, -0.25) is 0 Å². The molecule has 0 spiro atoms. The Morgan fingerprint density at radius 1 is 1.25 bits per heavy atom. The standard InChI is InChI=1S/C15H21N3O2/c1-18-9-8-17-15(18)6-7-16-11-12-4-5-13(19-2)10-14(12)20-3/h4-5,8-10,16H,6-7,11H2,1-3H3.